The molecule has 3 rings (SSSR count). The predicted molar refractivity (Wildman–Crippen MR) is 110 cm³/mol. The fraction of sp³-hybridized carbons (Fsp3) is 0.333. The summed E-state index contributed by atoms with van der Waals surface area (Å²) in [4.78, 5) is 13.6. The third-order valence-electron chi connectivity index (χ3n) is 4.50. The monoisotopic (exact) mass is 441 g/mol. The molecule has 10 heteroatoms. The maximum atomic E-state index is 12.8. The number of rotatable bonds is 7. The molecule has 0 radical (unpaired) electrons. The second-order valence-electron chi connectivity index (χ2n) is 6.27. The molecule has 1 fully saturated rings. The van der Waals surface area contributed by atoms with Crippen molar-refractivity contribution >= 4 is 39.1 Å². The molecule has 0 aromatic heterocycles. The molecule has 28 heavy (non-hydrogen) atoms. The zero-order valence-electron chi connectivity index (χ0n) is 15.0. The maximum Gasteiger partial charge on any atom is 0.289 e. The molecule has 0 N–H and O–H groups in total. The van der Waals surface area contributed by atoms with Gasteiger partial charge in [0.25, 0.3) is 5.69 Å². The molecule has 1 saturated heterocycles. The number of halogens is 1. The van der Waals surface area contributed by atoms with Crippen molar-refractivity contribution in [3.63, 3.8) is 0 Å². The van der Waals surface area contributed by atoms with E-state index in [4.69, 9.17) is 11.6 Å². The summed E-state index contributed by atoms with van der Waals surface area (Å²) in [6.45, 7) is 2.68. The van der Waals surface area contributed by atoms with E-state index in [9.17, 15) is 18.5 Å². The van der Waals surface area contributed by atoms with Crippen LogP contribution in [0, 0.1) is 10.1 Å². The first-order chi connectivity index (χ1) is 13.4. The van der Waals surface area contributed by atoms with Gasteiger partial charge in [-0.15, -0.1) is 11.8 Å². The van der Waals surface area contributed by atoms with E-state index in [-0.39, 0.29) is 10.6 Å². The van der Waals surface area contributed by atoms with Crippen molar-refractivity contribution in [2.24, 2.45) is 0 Å². The molecule has 0 spiro atoms. The van der Waals surface area contributed by atoms with Crippen LogP contribution in [-0.4, -0.2) is 61.0 Å². The van der Waals surface area contributed by atoms with E-state index in [1.807, 2.05) is 24.3 Å². The number of hydrogen-bond acceptors (Lipinski definition) is 6. The second kappa shape index (κ2) is 9.23. The van der Waals surface area contributed by atoms with Crippen molar-refractivity contribution in [1.29, 1.82) is 0 Å². The van der Waals surface area contributed by atoms with Gasteiger partial charge < -0.3 is 0 Å². The minimum absolute atomic E-state index is 0.244. The van der Waals surface area contributed by atoms with Crippen LogP contribution in [-0.2, 0) is 10.0 Å². The van der Waals surface area contributed by atoms with Crippen molar-refractivity contribution < 1.29 is 13.3 Å². The third-order valence-corrected chi connectivity index (χ3v) is 7.69. The Morgan fingerprint density at radius 1 is 1.04 bits per heavy atom. The highest BCUT2D eigenvalue weighted by atomic mass is 35.5. The Kier molecular flexibility index (Phi) is 6.95. The van der Waals surface area contributed by atoms with Crippen LogP contribution in [0.3, 0.4) is 0 Å². The Bertz CT molecular complexity index is 930. The molecular weight excluding hydrogens is 422 g/mol. The standard InChI is InChI=1S/C18H20ClN3O4S2/c19-15-5-7-16(8-6-15)27-14-13-20-9-11-21(12-10-20)28(25,26)18-4-2-1-3-17(18)22(23)24/h1-8H,9-14H2. The van der Waals surface area contributed by atoms with E-state index in [1.54, 1.807) is 11.8 Å². The minimum Gasteiger partial charge on any atom is -0.300 e. The molecule has 0 saturated carbocycles. The van der Waals surface area contributed by atoms with Crippen LogP contribution in [0.1, 0.15) is 0 Å². The van der Waals surface area contributed by atoms with E-state index >= 15 is 0 Å². The molecule has 1 aliphatic heterocycles. The van der Waals surface area contributed by atoms with Crippen molar-refractivity contribution in [2.45, 2.75) is 9.79 Å². The Morgan fingerprint density at radius 2 is 1.68 bits per heavy atom. The second-order valence-corrected chi connectivity index (χ2v) is 9.78. The third kappa shape index (κ3) is 5.03. The lowest BCUT2D eigenvalue weighted by Crippen LogP contribution is -2.49. The molecule has 1 heterocycles. The Morgan fingerprint density at radius 3 is 2.32 bits per heavy atom. The number of nitrogens with zero attached hydrogens (tertiary/aromatic N) is 3. The molecule has 0 unspecified atom stereocenters. The number of benzene rings is 2. The summed E-state index contributed by atoms with van der Waals surface area (Å²) < 4.78 is 27.0. The summed E-state index contributed by atoms with van der Waals surface area (Å²) in [6.07, 6.45) is 0. The number of nitro benzene ring substituents is 1. The largest absolute Gasteiger partial charge is 0.300 e. The highest BCUT2D eigenvalue weighted by Crippen LogP contribution is 2.27. The molecule has 2 aromatic rings. The van der Waals surface area contributed by atoms with Crippen molar-refractivity contribution in [2.75, 3.05) is 38.5 Å². The van der Waals surface area contributed by atoms with E-state index in [1.165, 1.54) is 28.6 Å². The summed E-state index contributed by atoms with van der Waals surface area (Å²) in [7, 11) is -3.88. The summed E-state index contributed by atoms with van der Waals surface area (Å²) in [5, 5.41) is 11.9. The lowest BCUT2D eigenvalue weighted by Gasteiger charge is -2.33. The Balaban J connectivity index is 1.54. The van der Waals surface area contributed by atoms with Gasteiger partial charge in [-0.2, -0.15) is 4.31 Å². The van der Waals surface area contributed by atoms with Crippen LogP contribution >= 0.6 is 23.4 Å². The van der Waals surface area contributed by atoms with E-state index in [0.717, 1.165) is 17.2 Å². The van der Waals surface area contributed by atoms with Gasteiger partial charge in [0.2, 0.25) is 10.0 Å². The Hall–Kier alpha value is -1.65. The molecule has 2 aromatic carbocycles. The highest BCUT2D eigenvalue weighted by Gasteiger charge is 2.33. The van der Waals surface area contributed by atoms with Crippen LogP contribution in [0.15, 0.2) is 58.3 Å². The normalized spacial score (nSPS) is 16.2. The van der Waals surface area contributed by atoms with Gasteiger partial charge in [-0.3, -0.25) is 15.0 Å². The first-order valence-electron chi connectivity index (χ1n) is 8.72. The quantitative estimate of drug-likeness (QED) is 0.372. The van der Waals surface area contributed by atoms with E-state index < -0.39 is 14.9 Å². The van der Waals surface area contributed by atoms with Crippen molar-refractivity contribution in [3.05, 3.63) is 63.7 Å². The maximum absolute atomic E-state index is 12.8. The molecule has 0 amide bonds. The van der Waals surface area contributed by atoms with Crippen LogP contribution in [0.5, 0.6) is 0 Å². The fourth-order valence-electron chi connectivity index (χ4n) is 2.98. The van der Waals surface area contributed by atoms with Gasteiger partial charge in [0.05, 0.1) is 4.92 Å². The number of nitro groups is 1. The lowest BCUT2D eigenvalue weighted by molar-refractivity contribution is -0.387. The van der Waals surface area contributed by atoms with Crippen LogP contribution < -0.4 is 0 Å². The number of para-hydroxylation sites is 1. The molecule has 0 bridgehead atoms. The summed E-state index contributed by atoms with van der Waals surface area (Å²) in [5.74, 6) is 0.887. The molecule has 0 aliphatic carbocycles. The van der Waals surface area contributed by atoms with Gasteiger partial charge in [0.1, 0.15) is 0 Å². The SMILES string of the molecule is O=[N+]([O-])c1ccccc1S(=O)(=O)N1CCN(CCSc2ccc(Cl)cc2)CC1. The summed E-state index contributed by atoms with van der Waals surface area (Å²) in [5.41, 5.74) is -0.385. The number of sulfonamides is 1. The topological polar surface area (TPSA) is 83.8 Å². The smallest absolute Gasteiger partial charge is 0.289 e. The molecule has 150 valence electrons. The molecule has 7 nitrogen and oxygen atoms in total. The first kappa shape index (κ1) is 21.1. The molecule has 0 atom stereocenters. The van der Waals surface area contributed by atoms with Crippen LogP contribution in [0.4, 0.5) is 5.69 Å². The highest BCUT2D eigenvalue weighted by molar-refractivity contribution is 7.99. The number of piperazine rings is 1. The van der Waals surface area contributed by atoms with Crippen molar-refractivity contribution in [3.8, 4) is 0 Å². The summed E-state index contributed by atoms with van der Waals surface area (Å²) in [6, 6.07) is 13.2. The number of thioether (sulfide) groups is 1. The van der Waals surface area contributed by atoms with Gasteiger partial charge >= 0.3 is 0 Å². The van der Waals surface area contributed by atoms with E-state index in [0.29, 0.717) is 31.2 Å². The Labute approximate surface area is 173 Å². The minimum atomic E-state index is -3.88. The fourth-order valence-corrected chi connectivity index (χ4v) is 5.60. The van der Waals surface area contributed by atoms with Gasteiger partial charge in [-0.05, 0) is 30.3 Å². The van der Waals surface area contributed by atoms with Crippen LogP contribution in [0.2, 0.25) is 5.02 Å². The average Bonchev–Trinajstić information content (AvgIpc) is 2.70. The first-order valence-corrected chi connectivity index (χ1v) is 11.5. The lowest BCUT2D eigenvalue weighted by atomic mass is 10.3. The molecular formula is C18H20ClN3O4S2. The van der Waals surface area contributed by atoms with Gasteiger partial charge in [-0.1, -0.05) is 23.7 Å². The number of hydrogen-bond donors (Lipinski definition) is 0. The summed E-state index contributed by atoms with van der Waals surface area (Å²) >= 11 is 7.60. The predicted octanol–water partition coefficient (Wildman–Crippen LogP) is 3.35. The van der Waals surface area contributed by atoms with Gasteiger partial charge in [-0.25, -0.2) is 8.42 Å². The van der Waals surface area contributed by atoms with Gasteiger partial charge in [0.15, 0.2) is 4.90 Å². The van der Waals surface area contributed by atoms with E-state index in [2.05, 4.69) is 4.90 Å². The average molecular weight is 442 g/mol. The zero-order chi connectivity index (χ0) is 20.1. The molecule has 1 aliphatic rings. The van der Waals surface area contributed by atoms with Gasteiger partial charge in [0, 0.05) is 54.5 Å². The zero-order valence-corrected chi connectivity index (χ0v) is 17.4. The van der Waals surface area contributed by atoms with Crippen molar-refractivity contribution in [1.82, 2.24) is 9.21 Å². The van der Waals surface area contributed by atoms with Crippen LogP contribution in [0.25, 0.3) is 0 Å².